The summed E-state index contributed by atoms with van der Waals surface area (Å²) in [5.74, 6) is 0.856. The summed E-state index contributed by atoms with van der Waals surface area (Å²) in [4.78, 5) is 0. The Morgan fingerprint density at radius 3 is 2.47 bits per heavy atom. The van der Waals surface area contributed by atoms with Crippen molar-refractivity contribution in [2.24, 2.45) is 5.73 Å². The standard InChI is InChI=1S/C16H18BrNO/c1-11-7-8-13(9-12(11)2)19-16(10-18)14-5-3-4-6-15(14)17/h3-9,16H,10,18H2,1-2H3. The molecule has 1 atom stereocenters. The number of rotatable bonds is 4. The second kappa shape index (κ2) is 6.22. The van der Waals surface area contributed by atoms with Crippen LogP contribution in [0.25, 0.3) is 0 Å². The van der Waals surface area contributed by atoms with Crippen molar-refractivity contribution in [3.05, 3.63) is 63.6 Å². The summed E-state index contributed by atoms with van der Waals surface area (Å²) in [6.45, 7) is 4.61. The van der Waals surface area contributed by atoms with Crippen molar-refractivity contribution >= 4 is 15.9 Å². The van der Waals surface area contributed by atoms with E-state index in [2.05, 4.69) is 41.9 Å². The Balaban J connectivity index is 2.24. The lowest BCUT2D eigenvalue weighted by molar-refractivity contribution is 0.213. The first kappa shape index (κ1) is 14.1. The van der Waals surface area contributed by atoms with Crippen LogP contribution < -0.4 is 10.5 Å². The molecule has 0 amide bonds. The zero-order chi connectivity index (χ0) is 13.8. The molecule has 0 aromatic heterocycles. The predicted octanol–water partition coefficient (Wildman–Crippen LogP) is 4.14. The maximum atomic E-state index is 6.01. The highest BCUT2D eigenvalue weighted by atomic mass is 79.9. The second-order valence-electron chi connectivity index (χ2n) is 4.61. The minimum atomic E-state index is -0.141. The van der Waals surface area contributed by atoms with E-state index in [0.29, 0.717) is 6.54 Å². The van der Waals surface area contributed by atoms with Gasteiger partial charge in [0.15, 0.2) is 0 Å². The van der Waals surface area contributed by atoms with Crippen LogP contribution in [0.2, 0.25) is 0 Å². The van der Waals surface area contributed by atoms with E-state index in [9.17, 15) is 0 Å². The topological polar surface area (TPSA) is 35.2 Å². The Morgan fingerprint density at radius 2 is 1.84 bits per heavy atom. The van der Waals surface area contributed by atoms with Crippen molar-refractivity contribution in [3.8, 4) is 5.75 Å². The third kappa shape index (κ3) is 3.37. The van der Waals surface area contributed by atoms with Crippen molar-refractivity contribution in [2.75, 3.05) is 6.54 Å². The van der Waals surface area contributed by atoms with Crippen LogP contribution in [-0.4, -0.2) is 6.54 Å². The van der Waals surface area contributed by atoms with Gasteiger partial charge in [0.05, 0.1) is 0 Å². The van der Waals surface area contributed by atoms with Crippen LogP contribution in [-0.2, 0) is 0 Å². The van der Waals surface area contributed by atoms with Crippen molar-refractivity contribution in [1.29, 1.82) is 0 Å². The van der Waals surface area contributed by atoms with Crippen LogP contribution in [0.1, 0.15) is 22.8 Å². The van der Waals surface area contributed by atoms with Crippen molar-refractivity contribution in [2.45, 2.75) is 20.0 Å². The Morgan fingerprint density at radius 1 is 1.11 bits per heavy atom. The molecule has 0 spiro atoms. The van der Waals surface area contributed by atoms with Crippen LogP contribution in [0, 0.1) is 13.8 Å². The summed E-state index contributed by atoms with van der Waals surface area (Å²) in [5.41, 5.74) is 9.40. The number of ether oxygens (including phenoxy) is 1. The lowest BCUT2D eigenvalue weighted by atomic mass is 10.1. The highest BCUT2D eigenvalue weighted by Crippen LogP contribution is 2.28. The third-order valence-corrected chi connectivity index (χ3v) is 3.95. The second-order valence-corrected chi connectivity index (χ2v) is 5.46. The number of halogens is 1. The fraction of sp³-hybridized carbons (Fsp3) is 0.250. The molecule has 19 heavy (non-hydrogen) atoms. The van der Waals surface area contributed by atoms with Gasteiger partial charge in [-0.05, 0) is 43.2 Å². The Labute approximate surface area is 122 Å². The molecule has 0 saturated carbocycles. The largest absolute Gasteiger partial charge is 0.484 e. The SMILES string of the molecule is Cc1ccc(OC(CN)c2ccccc2Br)cc1C. The van der Waals surface area contributed by atoms with Gasteiger partial charge in [-0.15, -0.1) is 0 Å². The monoisotopic (exact) mass is 319 g/mol. The molecule has 0 bridgehead atoms. The first-order valence-corrected chi connectivity index (χ1v) is 7.09. The van der Waals surface area contributed by atoms with Crippen LogP contribution in [0.4, 0.5) is 0 Å². The molecular weight excluding hydrogens is 302 g/mol. The lowest BCUT2D eigenvalue weighted by Gasteiger charge is -2.19. The van der Waals surface area contributed by atoms with E-state index in [4.69, 9.17) is 10.5 Å². The zero-order valence-corrected chi connectivity index (χ0v) is 12.8. The first-order chi connectivity index (χ1) is 9.11. The van der Waals surface area contributed by atoms with E-state index < -0.39 is 0 Å². The zero-order valence-electron chi connectivity index (χ0n) is 11.2. The molecule has 0 aliphatic carbocycles. The van der Waals surface area contributed by atoms with E-state index in [1.165, 1.54) is 11.1 Å². The molecule has 1 unspecified atom stereocenters. The number of aryl methyl sites for hydroxylation is 2. The molecule has 100 valence electrons. The van der Waals surface area contributed by atoms with Gasteiger partial charge in [0.25, 0.3) is 0 Å². The predicted molar refractivity (Wildman–Crippen MR) is 82.5 cm³/mol. The Hall–Kier alpha value is -1.32. The molecule has 0 fully saturated rings. The van der Waals surface area contributed by atoms with Crippen LogP contribution >= 0.6 is 15.9 Å². The highest BCUT2D eigenvalue weighted by Gasteiger charge is 2.14. The number of hydrogen-bond acceptors (Lipinski definition) is 2. The summed E-state index contributed by atoms with van der Waals surface area (Å²) >= 11 is 3.54. The summed E-state index contributed by atoms with van der Waals surface area (Å²) in [7, 11) is 0. The van der Waals surface area contributed by atoms with E-state index in [1.807, 2.05) is 30.3 Å². The molecule has 2 aromatic carbocycles. The van der Waals surface area contributed by atoms with Gasteiger partial charge in [-0.3, -0.25) is 0 Å². The number of hydrogen-bond donors (Lipinski definition) is 1. The molecule has 0 saturated heterocycles. The fourth-order valence-electron chi connectivity index (χ4n) is 1.93. The average molecular weight is 320 g/mol. The van der Waals surface area contributed by atoms with E-state index in [0.717, 1.165) is 15.8 Å². The minimum Gasteiger partial charge on any atom is -0.484 e. The minimum absolute atomic E-state index is 0.141. The third-order valence-electron chi connectivity index (χ3n) is 3.22. The lowest BCUT2D eigenvalue weighted by Crippen LogP contribution is -2.19. The van der Waals surface area contributed by atoms with Gasteiger partial charge in [-0.25, -0.2) is 0 Å². The van der Waals surface area contributed by atoms with Crippen LogP contribution in [0.3, 0.4) is 0 Å². The summed E-state index contributed by atoms with van der Waals surface area (Å²) < 4.78 is 7.03. The maximum Gasteiger partial charge on any atom is 0.137 e. The molecule has 0 aliphatic heterocycles. The van der Waals surface area contributed by atoms with E-state index in [1.54, 1.807) is 0 Å². The van der Waals surface area contributed by atoms with Gasteiger partial charge in [-0.1, -0.05) is 40.2 Å². The smallest absolute Gasteiger partial charge is 0.137 e. The maximum absolute atomic E-state index is 6.01. The van der Waals surface area contributed by atoms with Crippen LogP contribution in [0.5, 0.6) is 5.75 Å². The first-order valence-electron chi connectivity index (χ1n) is 6.30. The highest BCUT2D eigenvalue weighted by molar-refractivity contribution is 9.10. The van der Waals surface area contributed by atoms with Crippen molar-refractivity contribution in [3.63, 3.8) is 0 Å². The van der Waals surface area contributed by atoms with Gasteiger partial charge < -0.3 is 10.5 Å². The molecule has 2 rings (SSSR count). The van der Waals surface area contributed by atoms with E-state index >= 15 is 0 Å². The molecule has 0 aliphatic rings. The summed E-state index contributed by atoms with van der Waals surface area (Å²) in [5, 5.41) is 0. The number of benzene rings is 2. The Kier molecular flexibility index (Phi) is 4.61. The molecule has 0 radical (unpaired) electrons. The molecular formula is C16H18BrNO. The van der Waals surface area contributed by atoms with Gasteiger partial charge in [0.1, 0.15) is 11.9 Å². The van der Waals surface area contributed by atoms with Gasteiger partial charge in [0.2, 0.25) is 0 Å². The van der Waals surface area contributed by atoms with Crippen LogP contribution in [0.15, 0.2) is 46.9 Å². The number of nitrogens with two attached hydrogens (primary N) is 1. The Bertz CT molecular complexity index is 568. The van der Waals surface area contributed by atoms with Gasteiger partial charge in [-0.2, -0.15) is 0 Å². The normalized spacial score (nSPS) is 12.2. The van der Waals surface area contributed by atoms with Gasteiger partial charge in [0, 0.05) is 16.6 Å². The molecule has 3 heteroatoms. The average Bonchev–Trinajstić information content (AvgIpc) is 2.41. The molecule has 0 heterocycles. The summed E-state index contributed by atoms with van der Waals surface area (Å²) in [6.07, 6.45) is -0.141. The molecule has 2 aromatic rings. The van der Waals surface area contributed by atoms with Crippen molar-refractivity contribution < 1.29 is 4.74 Å². The van der Waals surface area contributed by atoms with Gasteiger partial charge >= 0.3 is 0 Å². The summed E-state index contributed by atoms with van der Waals surface area (Å²) in [6, 6.07) is 14.1. The molecule has 2 nitrogen and oxygen atoms in total. The van der Waals surface area contributed by atoms with E-state index in [-0.39, 0.29) is 6.10 Å². The quantitative estimate of drug-likeness (QED) is 0.919. The van der Waals surface area contributed by atoms with Crippen molar-refractivity contribution in [1.82, 2.24) is 0 Å². The molecule has 2 N–H and O–H groups in total. The fourth-order valence-corrected chi connectivity index (χ4v) is 2.47.